The Hall–Kier alpha value is -2.93. The average molecular weight is 452 g/mol. The second kappa shape index (κ2) is 8.20. The van der Waals surface area contributed by atoms with Crippen molar-refractivity contribution in [2.45, 2.75) is 45.6 Å². The molecule has 1 aliphatic rings. The second-order valence-corrected chi connectivity index (χ2v) is 11.8. The Morgan fingerprint density at radius 3 is 2.28 bits per heavy atom. The summed E-state index contributed by atoms with van der Waals surface area (Å²) in [6.07, 6.45) is 0.498. The van der Waals surface area contributed by atoms with Gasteiger partial charge < -0.3 is 5.32 Å². The Balaban J connectivity index is 1.64. The van der Waals surface area contributed by atoms with Gasteiger partial charge in [0.15, 0.2) is 15.5 Å². The van der Waals surface area contributed by atoms with Gasteiger partial charge in [0.25, 0.3) is 5.91 Å². The Bertz CT molecular complexity index is 1240. The minimum atomic E-state index is -3.09. The van der Waals surface area contributed by atoms with Crippen LogP contribution < -0.4 is 5.32 Å². The maximum Gasteiger partial charge on any atom is 0.276 e. The molecule has 0 radical (unpaired) electrons. The fourth-order valence-electron chi connectivity index (χ4n) is 3.94. The number of hydrogen-bond donors (Lipinski definition) is 1. The summed E-state index contributed by atoms with van der Waals surface area (Å²) >= 11 is 0. The van der Waals surface area contributed by atoms with Gasteiger partial charge >= 0.3 is 0 Å². The highest BCUT2D eigenvalue weighted by molar-refractivity contribution is 7.91. The first-order valence-electron chi connectivity index (χ1n) is 10.8. The maximum atomic E-state index is 13.0. The normalized spacial score (nSPS) is 17.9. The molecular weight excluding hydrogens is 422 g/mol. The maximum absolute atomic E-state index is 13.0. The number of carbonyl (C=O) groups excluding carboxylic acids is 1. The van der Waals surface area contributed by atoms with Gasteiger partial charge in [-0.3, -0.25) is 9.48 Å². The predicted octanol–water partition coefficient (Wildman–Crippen LogP) is 4.77. The lowest BCUT2D eigenvalue weighted by atomic mass is 9.87. The molecule has 0 saturated carbocycles. The van der Waals surface area contributed by atoms with Crippen LogP contribution >= 0.6 is 0 Å². The molecule has 4 rings (SSSR count). The molecule has 1 atom stereocenters. The van der Waals surface area contributed by atoms with Crippen LogP contribution in [0, 0.1) is 6.92 Å². The molecule has 2 aromatic carbocycles. The monoisotopic (exact) mass is 451 g/mol. The lowest BCUT2D eigenvalue weighted by Crippen LogP contribution is -2.17. The quantitative estimate of drug-likeness (QED) is 0.620. The van der Waals surface area contributed by atoms with E-state index < -0.39 is 9.84 Å². The molecule has 1 aromatic heterocycles. The number of benzene rings is 2. The first-order chi connectivity index (χ1) is 15.0. The van der Waals surface area contributed by atoms with Crippen molar-refractivity contribution in [2.75, 3.05) is 16.8 Å². The van der Waals surface area contributed by atoms with Crippen molar-refractivity contribution < 1.29 is 13.2 Å². The molecule has 6 nitrogen and oxygen atoms in total. The van der Waals surface area contributed by atoms with Gasteiger partial charge in [-0.15, -0.1) is 0 Å². The molecule has 0 bridgehead atoms. The van der Waals surface area contributed by atoms with Gasteiger partial charge in [-0.05, 0) is 48.1 Å². The molecule has 1 aliphatic heterocycles. The van der Waals surface area contributed by atoms with Crippen LogP contribution in [0.4, 0.5) is 5.69 Å². The van der Waals surface area contributed by atoms with Gasteiger partial charge in [0, 0.05) is 5.69 Å². The van der Waals surface area contributed by atoms with Crippen molar-refractivity contribution in [1.29, 1.82) is 0 Å². The van der Waals surface area contributed by atoms with Crippen LogP contribution in [0.1, 0.15) is 54.8 Å². The number of nitrogens with zero attached hydrogens (tertiary/aromatic N) is 2. The van der Waals surface area contributed by atoms with Gasteiger partial charge in [0.2, 0.25) is 0 Å². The molecule has 7 heteroatoms. The third kappa shape index (κ3) is 4.78. The first-order valence-corrected chi connectivity index (χ1v) is 12.6. The fourth-order valence-corrected chi connectivity index (χ4v) is 5.63. The van der Waals surface area contributed by atoms with E-state index in [1.165, 1.54) is 5.56 Å². The van der Waals surface area contributed by atoms with Crippen LogP contribution in [-0.4, -0.2) is 35.6 Å². The molecule has 1 N–H and O–H groups in total. The highest BCUT2D eigenvalue weighted by Gasteiger charge is 2.32. The molecule has 32 heavy (non-hydrogen) atoms. The van der Waals surface area contributed by atoms with Crippen molar-refractivity contribution in [2.24, 2.45) is 0 Å². The third-order valence-electron chi connectivity index (χ3n) is 5.88. The molecular formula is C25H29N3O3S. The van der Waals surface area contributed by atoms with Crippen molar-refractivity contribution in [3.63, 3.8) is 0 Å². The Morgan fingerprint density at radius 2 is 1.72 bits per heavy atom. The fraction of sp³-hybridized carbons (Fsp3) is 0.360. The number of anilines is 1. The lowest BCUT2D eigenvalue weighted by Gasteiger charge is -2.19. The summed E-state index contributed by atoms with van der Waals surface area (Å²) in [5, 5.41) is 7.46. The number of aromatic nitrogens is 2. The number of hydrogen-bond acceptors (Lipinski definition) is 4. The minimum absolute atomic E-state index is 0.0336. The molecule has 1 saturated heterocycles. The Labute approximate surface area is 189 Å². The van der Waals surface area contributed by atoms with Gasteiger partial charge in [-0.2, -0.15) is 5.10 Å². The van der Waals surface area contributed by atoms with Gasteiger partial charge in [0.1, 0.15) is 0 Å². The zero-order valence-electron chi connectivity index (χ0n) is 18.9. The number of rotatable bonds is 4. The molecule has 1 fully saturated rings. The highest BCUT2D eigenvalue weighted by atomic mass is 32.2. The molecule has 0 unspecified atom stereocenters. The molecule has 168 valence electrons. The van der Waals surface area contributed by atoms with Crippen LogP contribution in [-0.2, 0) is 15.3 Å². The van der Waals surface area contributed by atoms with E-state index in [4.69, 9.17) is 0 Å². The smallest absolute Gasteiger partial charge is 0.276 e. The van der Waals surface area contributed by atoms with Crippen LogP contribution in [0.3, 0.4) is 0 Å². The van der Waals surface area contributed by atoms with Gasteiger partial charge in [-0.1, -0.05) is 62.7 Å². The van der Waals surface area contributed by atoms with Crippen molar-refractivity contribution in [3.05, 3.63) is 71.4 Å². The van der Waals surface area contributed by atoms with E-state index >= 15 is 0 Å². The average Bonchev–Trinajstić information content (AvgIpc) is 3.32. The molecule has 0 aliphatic carbocycles. The molecule has 2 heterocycles. The topological polar surface area (TPSA) is 81.1 Å². The lowest BCUT2D eigenvalue weighted by molar-refractivity contribution is 0.102. The first kappa shape index (κ1) is 22.3. The zero-order chi connectivity index (χ0) is 23.1. The predicted molar refractivity (Wildman–Crippen MR) is 128 cm³/mol. The standard InChI is InChI=1S/C25H29N3O3S/c1-17-5-7-18(8-6-17)23-15-22(27-28(23)21-13-14-32(30,31)16-21)24(29)26-20-11-9-19(10-12-20)25(2,3)4/h5-12,15,21H,13-14,16H2,1-4H3,(H,26,29)/t21-/m0/s1. The highest BCUT2D eigenvalue weighted by Crippen LogP contribution is 2.31. The molecule has 3 aromatic rings. The largest absolute Gasteiger partial charge is 0.321 e. The summed E-state index contributed by atoms with van der Waals surface area (Å²) in [4.78, 5) is 13.0. The summed E-state index contributed by atoms with van der Waals surface area (Å²) in [5.74, 6) is -0.128. The van der Waals surface area contributed by atoms with Crippen molar-refractivity contribution in [3.8, 4) is 11.3 Å². The molecule has 0 spiro atoms. The summed E-state index contributed by atoms with van der Waals surface area (Å²) in [5.41, 5.74) is 4.96. The summed E-state index contributed by atoms with van der Waals surface area (Å²) < 4.78 is 25.8. The van der Waals surface area contributed by atoms with E-state index in [-0.39, 0.29) is 34.6 Å². The van der Waals surface area contributed by atoms with Crippen LogP contribution in [0.2, 0.25) is 0 Å². The van der Waals surface area contributed by atoms with E-state index in [0.29, 0.717) is 12.1 Å². The Kier molecular flexibility index (Phi) is 5.71. The SMILES string of the molecule is Cc1ccc(-c2cc(C(=O)Nc3ccc(C(C)(C)C)cc3)nn2[C@H]2CCS(=O)(=O)C2)cc1. The summed E-state index contributed by atoms with van der Waals surface area (Å²) in [7, 11) is -3.09. The summed E-state index contributed by atoms with van der Waals surface area (Å²) in [6, 6.07) is 17.2. The van der Waals surface area contributed by atoms with Crippen molar-refractivity contribution in [1.82, 2.24) is 9.78 Å². The van der Waals surface area contributed by atoms with Crippen LogP contribution in [0.15, 0.2) is 54.6 Å². The van der Waals surface area contributed by atoms with Gasteiger partial charge in [0.05, 0.1) is 23.2 Å². The van der Waals surface area contributed by atoms with Gasteiger partial charge in [-0.25, -0.2) is 8.42 Å². The summed E-state index contributed by atoms with van der Waals surface area (Å²) in [6.45, 7) is 8.43. The van der Waals surface area contributed by atoms with Crippen LogP contribution in [0.5, 0.6) is 0 Å². The number of sulfone groups is 1. The number of nitrogens with one attached hydrogen (secondary N) is 1. The second-order valence-electron chi connectivity index (χ2n) is 9.56. The molecule has 1 amide bonds. The zero-order valence-corrected chi connectivity index (χ0v) is 19.7. The van der Waals surface area contributed by atoms with E-state index in [2.05, 4.69) is 31.2 Å². The van der Waals surface area contributed by atoms with Crippen molar-refractivity contribution >= 4 is 21.4 Å². The number of aryl methyl sites for hydroxylation is 1. The van der Waals surface area contributed by atoms with E-state index in [1.807, 2.05) is 55.5 Å². The van der Waals surface area contributed by atoms with E-state index in [9.17, 15) is 13.2 Å². The Morgan fingerprint density at radius 1 is 1.06 bits per heavy atom. The van der Waals surface area contributed by atoms with E-state index in [0.717, 1.165) is 16.8 Å². The third-order valence-corrected chi connectivity index (χ3v) is 7.63. The minimum Gasteiger partial charge on any atom is -0.321 e. The van der Waals surface area contributed by atoms with E-state index in [1.54, 1.807) is 10.7 Å². The number of amides is 1. The van der Waals surface area contributed by atoms with Crippen LogP contribution in [0.25, 0.3) is 11.3 Å². The number of carbonyl (C=O) groups is 1.